The number of carboxylic acid groups (broad SMARTS) is 1. The van der Waals surface area contributed by atoms with Crippen LogP contribution in [0.2, 0.25) is 0 Å². The highest BCUT2D eigenvalue weighted by molar-refractivity contribution is 5.87. The van der Waals surface area contributed by atoms with Crippen molar-refractivity contribution < 1.29 is 19.5 Å². The van der Waals surface area contributed by atoms with Crippen LogP contribution in [-0.2, 0) is 22.6 Å². The number of aromatic carboxylic acids is 1. The van der Waals surface area contributed by atoms with Gasteiger partial charge in [0.1, 0.15) is 0 Å². The second-order valence-electron chi connectivity index (χ2n) is 7.45. The van der Waals surface area contributed by atoms with Crippen molar-refractivity contribution in [1.29, 1.82) is 0 Å². The molecule has 142 valence electrons. The Labute approximate surface area is 159 Å². The first kappa shape index (κ1) is 18.2. The zero-order chi connectivity index (χ0) is 18.6. The molecule has 2 aliphatic rings. The summed E-state index contributed by atoms with van der Waals surface area (Å²) in [4.78, 5) is 16.7. The van der Waals surface area contributed by atoms with Crippen molar-refractivity contribution in [2.24, 2.45) is 11.8 Å². The quantitative estimate of drug-likeness (QED) is 0.553. The van der Waals surface area contributed by atoms with E-state index < -0.39 is 5.97 Å². The SMILES string of the molecule is O=C(O)c1ccc(CC2C3CCC(O3)C2CNOCc2ccccc2)cc1. The van der Waals surface area contributed by atoms with Gasteiger partial charge in [0, 0.05) is 12.5 Å². The second-order valence-corrected chi connectivity index (χ2v) is 7.45. The van der Waals surface area contributed by atoms with Crippen LogP contribution in [0, 0.1) is 11.8 Å². The van der Waals surface area contributed by atoms with E-state index in [-0.39, 0.29) is 0 Å². The monoisotopic (exact) mass is 367 g/mol. The summed E-state index contributed by atoms with van der Waals surface area (Å²) >= 11 is 0. The Kier molecular flexibility index (Phi) is 5.53. The van der Waals surface area contributed by atoms with E-state index in [1.54, 1.807) is 12.1 Å². The van der Waals surface area contributed by atoms with Crippen LogP contribution < -0.4 is 5.48 Å². The Hall–Kier alpha value is -2.21. The van der Waals surface area contributed by atoms with Crippen LogP contribution in [-0.4, -0.2) is 29.8 Å². The molecule has 2 heterocycles. The molecule has 4 rings (SSSR count). The smallest absolute Gasteiger partial charge is 0.335 e. The largest absolute Gasteiger partial charge is 0.478 e. The Balaban J connectivity index is 1.33. The van der Waals surface area contributed by atoms with E-state index in [4.69, 9.17) is 14.7 Å². The van der Waals surface area contributed by atoms with Gasteiger partial charge in [0.05, 0.1) is 24.4 Å². The number of hydrogen-bond acceptors (Lipinski definition) is 4. The van der Waals surface area contributed by atoms with Gasteiger partial charge in [0.15, 0.2) is 0 Å². The van der Waals surface area contributed by atoms with Crippen molar-refractivity contribution >= 4 is 5.97 Å². The highest BCUT2D eigenvalue weighted by Crippen LogP contribution is 2.44. The lowest BCUT2D eigenvalue weighted by atomic mass is 9.76. The van der Waals surface area contributed by atoms with Gasteiger partial charge in [0.25, 0.3) is 0 Å². The zero-order valence-corrected chi connectivity index (χ0v) is 15.2. The summed E-state index contributed by atoms with van der Waals surface area (Å²) in [5.74, 6) is -0.0339. The summed E-state index contributed by atoms with van der Waals surface area (Å²) in [6.07, 6.45) is 3.74. The van der Waals surface area contributed by atoms with Gasteiger partial charge in [-0.2, -0.15) is 0 Å². The Morgan fingerprint density at radius 1 is 1.00 bits per heavy atom. The molecule has 0 aliphatic carbocycles. The lowest BCUT2D eigenvalue weighted by Gasteiger charge is -2.28. The minimum absolute atomic E-state index is 0.297. The Morgan fingerprint density at radius 3 is 2.41 bits per heavy atom. The van der Waals surface area contributed by atoms with E-state index in [9.17, 15) is 4.79 Å². The predicted octanol–water partition coefficient (Wildman–Crippen LogP) is 3.44. The van der Waals surface area contributed by atoms with Gasteiger partial charge < -0.3 is 9.84 Å². The number of hydroxylamine groups is 1. The van der Waals surface area contributed by atoms with Crippen molar-refractivity contribution in [2.45, 2.75) is 38.1 Å². The molecule has 2 bridgehead atoms. The van der Waals surface area contributed by atoms with Gasteiger partial charge in [-0.3, -0.25) is 4.84 Å². The molecule has 4 unspecified atom stereocenters. The van der Waals surface area contributed by atoms with E-state index in [1.165, 1.54) is 0 Å². The molecule has 2 fully saturated rings. The van der Waals surface area contributed by atoms with Crippen molar-refractivity contribution in [3.63, 3.8) is 0 Å². The molecule has 5 nitrogen and oxygen atoms in total. The molecule has 2 aromatic rings. The molecular weight excluding hydrogens is 342 g/mol. The minimum Gasteiger partial charge on any atom is -0.478 e. The van der Waals surface area contributed by atoms with Crippen molar-refractivity contribution in [1.82, 2.24) is 5.48 Å². The molecule has 4 atom stereocenters. The molecule has 0 spiro atoms. The van der Waals surface area contributed by atoms with Gasteiger partial charge in [0.2, 0.25) is 0 Å². The molecule has 2 aromatic carbocycles. The Morgan fingerprint density at radius 2 is 1.70 bits per heavy atom. The molecule has 5 heteroatoms. The standard InChI is InChI=1S/C22H25NO4/c24-22(25)17-8-6-15(7-9-17)12-18-19(21-11-10-20(18)27-21)13-23-26-14-16-4-2-1-3-5-16/h1-9,18-21,23H,10-14H2,(H,24,25). The summed E-state index contributed by atoms with van der Waals surface area (Å²) in [5, 5.41) is 9.05. The third-order valence-electron chi connectivity index (χ3n) is 5.77. The number of hydrogen-bond donors (Lipinski definition) is 2. The van der Waals surface area contributed by atoms with Gasteiger partial charge in [-0.25, -0.2) is 10.3 Å². The van der Waals surface area contributed by atoms with Crippen molar-refractivity contribution in [3.8, 4) is 0 Å². The number of nitrogens with one attached hydrogen (secondary N) is 1. The van der Waals surface area contributed by atoms with Crippen molar-refractivity contribution in [2.75, 3.05) is 6.54 Å². The van der Waals surface area contributed by atoms with Crippen LogP contribution in [0.4, 0.5) is 0 Å². The van der Waals surface area contributed by atoms with Gasteiger partial charge in [-0.15, -0.1) is 0 Å². The summed E-state index contributed by atoms with van der Waals surface area (Å²) in [5.41, 5.74) is 5.78. The molecule has 27 heavy (non-hydrogen) atoms. The number of fused-ring (bicyclic) bond motifs is 2. The van der Waals surface area contributed by atoms with E-state index >= 15 is 0 Å². The van der Waals surface area contributed by atoms with Crippen LogP contribution in [0.1, 0.15) is 34.3 Å². The van der Waals surface area contributed by atoms with Crippen LogP contribution in [0.15, 0.2) is 54.6 Å². The molecule has 0 amide bonds. The van der Waals surface area contributed by atoms with Gasteiger partial charge in [-0.05, 0) is 48.4 Å². The van der Waals surface area contributed by atoms with Crippen LogP contribution >= 0.6 is 0 Å². The lowest BCUT2D eigenvalue weighted by molar-refractivity contribution is 0.00870. The fourth-order valence-electron chi connectivity index (χ4n) is 4.36. The molecule has 2 saturated heterocycles. The van der Waals surface area contributed by atoms with E-state index in [0.29, 0.717) is 36.2 Å². The third kappa shape index (κ3) is 4.21. The first-order valence-corrected chi connectivity index (χ1v) is 9.57. The lowest BCUT2D eigenvalue weighted by Crippen LogP contribution is -2.36. The number of carbonyl (C=O) groups is 1. The van der Waals surface area contributed by atoms with E-state index in [0.717, 1.165) is 36.9 Å². The minimum atomic E-state index is -0.887. The maximum Gasteiger partial charge on any atom is 0.335 e. The molecule has 2 aliphatic heterocycles. The fourth-order valence-corrected chi connectivity index (χ4v) is 4.36. The fraction of sp³-hybridized carbons (Fsp3) is 0.409. The normalized spacial score (nSPS) is 26.4. The number of carboxylic acids is 1. The predicted molar refractivity (Wildman–Crippen MR) is 101 cm³/mol. The molecule has 0 saturated carbocycles. The maximum atomic E-state index is 11.0. The molecule has 0 radical (unpaired) electrons. The summed E-state index contributed by atoms with van der Waals surface area (Å²) in [6.45, 7) is 1.32. The van der Waals surface area contributed by atoms with E-state index in [1.807, 2.05) is 42.5 Å². The summed E-state index contributed by atoms with van der Waals surface area (Å²) in [6, 6.07) is 17.3. The summed E-state index contributed by atoms with van der Waals surface area (Å²) < 4.78 is 6.16. The van der Waals surface area contributed by atoms with Crippen LogP contribution in [0.3, 0.4) is 0 Å². The summed E-state index contributed by atoms with van der Waals surface area (Å²) in [7, 11) is 0. The number of rotatable bonds is 8. The topological polar surface area (TPSA) is 67.8 Å². The van der Waals surface area contributed by atoms with E-state index in [2.05, 4.69) is 5.48 Å². The van der Waals surface area contributed by atoms with Crippen molar-refractivity contribution in [3.05, 3.63) is 71.3 Å². The maximum absolute atomic E-state index is 11.0. The first-order chi connectivity index (χ1) is 13.2. The molecule has 2 N–H and O–H groups in total. The average Bonchev–Trinajstić information content (AvgIpc) is 3.29. The number of ether oxygens (including phenoxy) is 1. The van der Waals surface area contributed by atoms with Gasteiger partial charge >= 0.3 is 5.97 Å². The zero-order valence-electron chi connectivity index (χ0n) is 15.2. The number of benzene rings is 2. The van der Waals surface area contributed by atoms with Gasteiger partial charge in [-0.1, -0.05) is 42.5 Å². The second kappa shape index (κ2) is 8.21. The highest BCUT2D eigenvalue weighted by Gasteiger charge is 2.48. The Bertz CT molecular complexity index is 762. The highest BCUT2D eigenvalue weighted by atomic mass is 16.6. The first-order valence-electron chi connectivity index (χ1n) is 9.57. The molecular formula is C22H25NO4. The van der Waals surface area contributed by atoms with Crippen LogP contribution in [0.5, 0.6) is 0 Å². The van der Waals surface area contributed by atoms with Crippen LogP contribution in [0.25, 0.3) is 0 Å². The average molecular weight is 367 g/mol. The molecule has 0 aromatic heterocycles. The third-order valence-corrected chi connectivity index (χ3v) is 5.77.